The average Bonchev–Trinajstić information content (AvgIpc) is 3.16. The lowest BCUT2D eigenvalue weighted by atomic mass is 9.85. The van der Waals surface area contributed by atoms with E-state index in [0.717, 1.165) is 32.9 Å². The predicted molar refractivity (Wildman–Crippen MR) is 149 cm³/mol. The molecule has 39 heavy (non-hydrogen) atoms. The third-order valence-corrected chi connectivity index (χ3v) is 7.39. The number of methoxy groups -OCH3 is 1. The Balaban J connectivity index is 1.36. The van der Waals surface area contributed by atoms with Gasteiger partial charge in [0.05, 0.1) is 30.3 Å². The number of fused-ring (bicyclic) bond motifs is 1. The van der Waals surface area contributed by atoms with Crippen LogP contribution in [-0.4, -0.2) is 52.7 Å². The van der Waals surface area contributed by atoms with Gasteiger partial charge in [-0.15, -0.1) is 0 Å². The van der Waals surface area contributed by atoms with Crippen LogP contribution in [-0.2, 0) is 16.6 Å². The van der Waals surface area contributed by atoms with Crippen molar-refractivity contribution in [2.45, 2.75) is 51.6 Å². The third-order valence-electron chi connectivity index (χ3n) is 7.39. The highest BCUT2D eigenvalue weighted by molar-refractivity contribution is 6.21. The number of amides is 2. The number of hydrogen-bond donors (Lipinski definition) is 2. The minimum atomic E-state index is -1.15. The Labute approximate surface area is 229 Å². The topological polar surface area (TPSA) is 104 Å². The first-order chi connectivity index (χ1) is 18.5. The second-order valence-electron chi connectivity index (χ2n) is 11.0. The zero-order chi connectivity index (χ0) is 28.3. The highest BCUT2D eigenvalue weighted by Gasteiger charge is 2.37. The molecule has 2 atom stereocenters. The fourth-order valence-corrected chi connectivity index (χ4v) is 4.87. The molecule has 0 aliphatic carbocycles. The van der Waals surface area contributed by atoms with Crippen LogP contribution in [0.2, 0.25) is 0 Å². The number of hydrogen-bond acceptors (Lipinski definition) is 5. The van der Waals surface area contributed by atoms with Gasteiger partial charge in [0.25, 0.3) is 11.8 Å². The fourth-order valence-electron chi connectivity index (χ4n) is 4.87. The summed E-state index contributed by atoms with van der Waals surface area (Å²) >= 11 is 0. The second kappa shape index (κ2) is 11.4. The van der Waals surface area contributed by atoms with Crippen molar-refractivity contribution in [1.82, 2.24) is 4.90 Å². The summed E-state index contributed by atoms with van der Waals surface area (Å²) in [7, 11) is 1.62. The van der Waals surface area contributed by atoms with Crippen molar-refractivity contribution in [1.29, 1.82) is 0 Å². The maximum atomic E-state index is 13.0. The van der Waals surface area contributed by atoms with Gasteiger partial charge in [0.15, 0.2) is 0 Å². The number of aliphatic hydroxyl groups excluding tert-OH is 1. The minimum Gasteiger partial charge on any atom is -0.497 e. The van der Waals surface area contributed by atoms with E-state index in [0.29, 0.717) is 17.5 Å². The van der Waals surface area contributed by atoms with Crippen molar-refractivity contribution in [3.8, 4) is 16.9 Å². The predicted octanol–water partition coefficient (Wildman–Crippen LogP) is 5.34. The SMILES string of the molecule is COc1ccc(-c2ccc(CC[C@H](O)[C@H](CCN3C(=O)c4ccc(C(C)(C)C)cc4C3=O)C(=O)O)cc2)cc1. The van der Waals surface area contributed by atoms with Gasteiger partial charge in [-0.1, -0.05) is 63.2 Å². The van der Waals surface area contributed by atoms with Gasteiger partial charge in [-0.2, -0.15) is 0 Å². The van der Waals surface area contributed by atoms with Crippen LogP contribution in [0.1, 0.15) is 65.5 Å². The highest BCUT2D eigenvalue weighted by atomic mass is 16.5. The molecule has 0 unspecified atom stereocenters. The molecule has 2 amide bonds. The standard InChI is InChI=1S/C32H35NO6/c1-32(2,3)23-12-15-25-27(19-23)30(36)33(29(25)35)18-17-26(31(37)38)28(34)16-7-20-5-8-21(9-6-20)22-10-13-24(39-4)14-11-22/h5-6,8-15,19,26,28,34H,7,16-18H2,1-4H3,(H,37,38)/t26-,28-/m0/s1. The van der Waals surface area contributed by atoms with Crippen LogP contribution < -0.4 is 4.74 Å². The van der Waals surface area contributed by atoms with Crippen LogP contribution in [0.3, 0.4) is 0 Å². The summed E-state index contributed by atoms with van der Waals surface area (Å²) in [4.78, 5) is 39.0. The van der Waals surface area contributed by atoms with E-state index in [1.165, 1.54) is 0 Å². The molecule has 2 N–H and O–H groups in total. The number of rotatable bonds is 10. The van der Waals surface area contributed by atoms with Gasteiger partial charge in [-0.3, -0.25) is 19.3 Å². The monoisotopic (exact) mass is 529 g/mol. The summed E-state index contributed by atoms with van der Waals surface area (Å²) in [6.07, 6.45) is -0.400. The molecular formula is C32H35NO6. The van der Waals surface area contributed by atoms with Crippen molar-refractivity contribution in [3.05, 3.63) is 89.0 Å². The number of carbonyl (C=O) groups excluding carboxylic acids is 2. The van der Waals surface area contributed by atoms with Gasteiger partial charge in [-0.25, -0.2) is 0 Å². The Morgan fingerprint density at radius 2 is 1.46 bits per heavy atom. The molecule has 0 saturated heterocycles. The Morgan fingerprint density at radius 3 is 2.03 bits per heavy atom. The molecule has 1 heterocycles. The summed E-state index contributed by atoms with van der Waals surface area (Å²) in [5.74, 6) is -2.31. The van der Waals surface area contributed by atoms with Gasteiger partial charge >= 0.3 is 5.97 Å². The summed E-state index contributed by atoms with van der Waals surface area (Å²) < 4.78 is 5.20. The fraction of sp³-hybridized carbons (Fsp3) is 0.344. The molecule has 204 valence electrons. The molecule has 7 heteroatoms. The lowest BCUT2D eigenvalue weighted by molar-refractivity contribution is -0.146. The first-order valence-corrected chi connectivity index (χ1v) is 13.1. The molecule has 3 aromatic carbocycles. The van der Waals surface area contributed by atoms with Crippen molar-refractivity contribution in [3.63, 3.8) is 0 Å². The molecule has 0 fully saturated rings. The maximum Gasteiger partial charge on any atom is 0.309 e. The van der Waals surface area contributed by atoms with Crippen LogP contribution in [0.25, 0.3) is 11.1 Å². The summed E-state index contributed by atoms with van der Waals surface area (Å²) in [6.45, 7) is 6.02. The Hall–Kier alpha value is -3.97. The number of imide groups is 1. The molecule has 0 radical (unpaired) electrons. The first kappa shape index (κ1) is 28.0. The lowest BCUT2D eigenvalue weighted by Crippen LogP contribution is -2.36. The van der Waals surface area contributed by atoms with Crippen molar-refractivity contribution in [2.75, 3.05) is 13.7 Å². The Morgan fingerprint density at radius 1 is 0.872 bits per heavy atom. The third kappa shape index (κ3) is 6.20. The molecule has 1 aliphatic heterocycles. The number of ether oxygens (including phenoxy) is 1. The molecule has 0 aromatic heterocycles. The average molecular weight is 530 g/mol. The highest BCUT2D eigenvalue weighted by Crippen LogP contribution is 2.30. The number of carbonyl (C=O) groups is 3. The normalized spacial score (nSPS) is 14.7. The van der Waals surface area contributed by atoms with Gasteiger partial charge in [0, 0.05) is 6.54 Å². The van der Waals surface area contributed by atoms with Gasteiger partial charge < -0.3 is 14.9 Å². The molecule has 0 saturated carbocycles. The van der Waals surface area contributed by atoms with Crippen molar-refractivity contribution < 1.29 is 29.3 Å². The van der Waals surface area contributed by atoms with E-state index in [9.17, 15) is 24.6 Å². The van der Waals surface area contributed by atoms with Gasteiger partial charge in [0.2, 0.25) is 0 Å². The summed E-state index contributed by atoms with van der Waals surface area (Å²) in [5, 5.41) is 20.5. The van der Waals surface area contributed by atoms with E-state index in [-0.39, 0.29) is 24.8 Å². The van der Waals surface area contributed by atoms with E-state index < -0.39 is 29.8 Å². The smallest absolute Gasteiger partial charge is 0.309 e. The maximum absolute atomic E-state index is 13.0. The summed E-state index contributed by atoms with van der Waals surface area (Å²) in [5.41, 5.74) is 4.51. The Kier molecular flexibility index (Phi) is 8.21. The molecule has 0 spiro atoms. The molecule has 4 rings (SSSR count). The lowest BCUT2D eigenvalue weighted by Gasteiger charge is -2.22. The number of nitrogens with zero attached hydrogens (tertiary/aromatic N) is 1. The van der Waals surface area contributed by atoms with E-state index in [4.69, 9.17) is 4.74 Å². The molecule has 7 nitrogen and oxygen atoms in total. The van der Waals surface area contributed by atoms with Crippen LogP contribution in [0.4, 0.5) is 0 Å². The number of carboxylic acid groups (broad SMARTS) is 1. The zero-order valence-corrected chi connectivity index (χ0v) is 22.8. The van der Waals surface area contributed by atoms with Crippen molar-refractivity contribution in [2.24, 2.45) is 5.92 Å². The van der Waals surface area contributed by atoms with E-state index >= 15 is 0 Å². The number of aliphatic hydroxyl groups is 1. The number of benzene rings is 3. The van der Waals surface area contributed by atoms with Crippen LogP contribution >= 0.6 is 0 Å². The van der Waals surface area contributed by atoms with Gasteiger partial charge in [-0.05, 0) is 71.2 Å². The van der Waals surface area contributed by atoms with Gasteiger partial charge in [0.1, 0.15) is 5.75 Å². The van der Waals surface area contributed by atoms with Crippen LogP contribution in [0.15, 0.2) is 66.7 Å². The van der Waals surface area contributed by atoms with E-state index in [2.05, 4.69) is 0 Å². The molecule has 0 bridgehead atoms. The number of carboxylic acids is 1. The van der Waals surface area contributed by atoms with Crippen LogP contribution in [0, 0.1) is 5.92 Å². The van der Waals surface area contributed by atoms with E-state index in [1.807, 2.05) is 75.4 Å². The molecule has 3 aromatic rings. The summed E-state index contributed by atoms with van der Waals surface area (Å²) in [6, 6.07) is 20.9. The molecule has 1 aliphatic rings. The van der Waals surface area contributed by atoms with Crippen LogP contribution in [0.5, 0.6) is 5.75 Å². The second-order valence-corrected chi connectivity index (χ2v) is 11.0. The minimum absolute atomic E-state index is 0.0233. The number of aryl methyl sites for hydroxylation is 1. The quantitative estimate of drug-likeness (QED) is 0.344. The van der Waals surface area contributed by atoms with Crippen molar-refractivity contribution >= 4 is 17.8 Å². The number of aliphatic carboxylic acids is 1. The zero-order valence-electron chi connectivity index (χ0n) is 22.8. The largest absolute Gasteiger partial charge is 0.497 e. The Bertz CT molecular complexity index is 1350. The first-order valence-electron chi connectivity index (χ1n) is 13.1. The van der Waals surface area contributed by atoms with E-state index in [1.54, 1.807) is 19.2 Å². The molecular weight excluding hydrogens is 494 g/mol.